The van der Waals surface area contributed by atoms with Crippen molar-refractivity contribution in [3.05, 3.63) is 26.9 Å². The van der Waals surface area contributed by atoms with E-state index in [0.29, 0.717) is 13.1 Å². The summed E-state index contributed by atoms with van der Waals surface area (Å²) in [5.74, 6) is -2.36. The SMILES string of the molecule is Cc1nc(-c2cc3c(s2)CCN(C(=O)C(C)C(=O)O)C3)cs1. The summed E-state index contributed by atoms with van der Waals surface area (Å²) in [5, 5.41) is 12.1. The molecule has 22 heavy (non-hydrogen) atoms. The van der Waals surface area contributed by atoms with Gasteiger partial charge in [0.25, 0.3) is 0 Å². The molecule has 5 nitrogen and oxygen atoms in total. The summed E-state index contributed by atoms with van der Waals surface area (Å²) in [6.07, 6.45) is 0.779. The van der Waals surface area contributed by atoms with Crippen molar-refractivity contribution in [3.8, 4) is 10.6 Å². The molecule has 3 heterocycles. The number of fused-ring (bicyclic) bond motifs is 1. The van der Waals surface area contributed by atoms with Crippen LogP contribution in [0.5, 0.6) is 0 Å². The van der Waals surface area contributed by atoms with Crippen LogP contribution in [0.25, 0.3) is 10.6 Å². The Balaban J connectivity index is 1.80. The van der Waals surface area contributed by atoms with Gasteiger partial charge < -0.3 is 10.0 Å². The molecule has 0 saturated heterocycles. The second-order valence-electron chi connectivity index (χ2n) is 5.38. The lowest BCUT2D eigenvalue weighted by atomic mass is 10.1. The molecule has 7 heteroatoms. The third-order valence-electron chi connectivity index (χ3n) is 3.79. The Bertz CT molecular complexity index is 735. The van der Waals surface area contributed by atoms with Gasteiger partial charge in [0.05, 0.1) is 15.6 Å². The fourth-order valence-electron chi connectivity index (χ4n) is 2.50. The first-order chi connectivity index (χ1) is 10.5. The fourth-order valence-corrected chi connectivity index (χ4v) is 4.31. The highest BCUT2D eigenvalue weighted by Gasteiger charge is 2.29. The first kappa shape index (κ1) is 15.2. The Labute approximate surface area is 136 Å². The van der Waals surface area contributed by atoms with Gasteiger partial charge in [-0.1, -0.05) is 0 Å². The lowest BCUT2D eigenvalue weighted by molar-refractivity contribution is -0.150. The van der Waals surface area contributed by atoms with Gasteiger partial charge in [0.2, 0.25) is 5.91 Å². The van der Waals surface area contributed by atoms with Crippen molar-refractivity contribution in [2.75, 3.05) is 6.54 Å². The molecule has 0 fully saturated rings. The predicted octanol–water partition coefficient (Wildman–Crippen LogP) is 2.79. The van der Waals surface area contributed by atoms with E-state index >= 15 is 0 Å². The van der Waals surface area contributed by atoms with Gasteiger partial charge in [0.15, 0.2) is 0 Å². The quantitative estimate of drug-likeness (QED) is 0.875. The molecule has 1 unspecified atom stereocenters. The van der Waals surface area contributed by atoms with Crippen molar-refractivity contribution in [1.82, 2.24) is 9.88 Å². The van der Waals surface area contributed by atoms with Crippen molar-refractivity contribution < 1.29 is 14.7 Å². The van der Waals surface area contributed by atoms with Gasteiger partial charge in [-0.2, -0.15) is 0 Å². The summed E-state index contributed by atoms with van der Waals surface area (Å²) < 4.78 is 0. The summed E-state index contributed by atoms with van der Waals surface area (Å²) in [4.78, 5) is 31.7. The lowest BCUT2D eigenvalue weighted by Gasteiger charge is -2.28. The van der Waals surface area contributed by atoms with Crippen molar-refractivity contribution in [3.63, 3.8) is 0 Å². The Hall–Kier alpha value is -1.73. The number of rotatable bonds is 3. The Kier molecular flexibility index (Phi) is 4.01. The third-order valence-corrected chi connectivity index (χ3v) is 5.82. The normalized spacial score (nSPS) is 15.5. The first-order valence-corrected chi connectivity index (χ1v) is 8.71. The zero-order valence-corrected chi connectivity index (χ0v) is 14.0. The maximum atomic E-state index is 12.2. The van der Waals surface area contributed by atoms with E-state index < -0.39 is 11.9 Å². The molecule has 0 spiro atoms. The first-order valence-electron chi connectivity index (χ1n) is 7.01. The van der Waals surface area contributed by atoms with Gasteiger partial charge in [0, 0.05) is 23.3 Å². The number of amides is 1. The lowest BCUT2D eigenvalue weighted by Crippen LogP contribution is -2.40. The van der Waals surface area contributed by atoms with Gasteiger partial charge in [-0.05, 0) is 31.9 Å². The number of nitrogens with zero attached hydrogens (tertiary/aromatic N) is 2. The molecular weight excluding hydrogens is 320 g/mol. The number of hydrogen-bond donors (Lipinski definition) is 1. The third kappa shape index (κ3) is 2.78. The second kappa shape index (κ2) is 5.81. The van der Waals surface area contributed by atoms with E-state index in [1.54, 1.807) is 27.6 Å². The van der Waals surface area contributed by atoms with Crippen LogP contribution in [0.2, 0.25) is 0 Å². The second-order valence-corrected chi connectivity index (χ2v) is 7.58. The minimum absolute atomic E-state index is 0.310. The summed E-state index contributed by atoms with van der Waals surface area (Å²) in [6.45, 7) is 4.50. The predicted molar refractivity (Wildman–Crippen MR) is 86.1 cm³/mol. The molecule has 116 valence electrons. The van der Waals surface area contributed by atoms with Crippen LogP contribution in [0.1, 0.15) is 22.4 Å². The number of thiophene rings is 1. The minimum atomic E-state index is -1.07. The van der Waals surface area contributed by atoms with Crippen LogP contribution in [-0.2, 0) is 22.6 Å². The Morgan fingerprint density at radius 3 is 2.86 bits per heavy atom. The number of aromatic nitrogens is 1. The van der Waals surface area contributed by atoms with E-state index in [1.165, 1.54) is 11.8 Å². The van der Waals surface area contributed by atoms with Crippen LogP contribution in [0.4, 0.5) is 0 Å². The van der Waals surface area contributed by atoms with Crippen LogP contribution in [0.3, 0.4) is 0 Å². The van der Waals surface area contributed by atoms with Crippen molar-refractivity contribution in [1.29, 1.82) is 0 Å². The van der Waals surface area contributed by atoms with E-state index in [1.807, 2.05) is 12.3 Å². The van der Waals surface area contributed by atoms with Crippen molar-refractivity contribution in [2.45, 2.75) is 26.8 Å². The Morgan fingerprint density at radius 2 is 2.23 bits per heavy atom. The number of carboxylic acids is 1. The van der Waals surface area contributed by atoms with Gasteiger partial charge in [0.1, 0.15) is 5.92 Å². The average molecular weight is 336 g/mol. The van der Waals surface area contributed by atoms with Crippen molar-refractivity contribution >= 4 is 34.6 Å². The zero-order chi connectivity index (χ0) is 15.9. The Morgan fingerprint density at radius 1 is 1.45 bits per heavy atom. The molecule has 1 aliphatic heterocycles. The summed E-state index contributed by atoms with van der Waals surface area (Å²) >= 11 is 3.34. The van der Waals surface area contributed by atoms with Crippen LogP contribution >= 0.6 is 22.7 Å². The fraction of sp³-hybridized carbons (Fsp3) is 0.400. The number of aliphatic carboxylic acids is 1. The summed E-state index contributed by atoms with van der Waals surface area (Å²) in [6, 6.07) is 2.08. The van der Waals surface area contributed by atoms with Crippen LogP contribution in [-0.4, -0.2) is 33.4 Å². The molecule has 3 rings (SSSR count). The highest BCUT2D eigenvalue weighted by atomic mass is 32.1. The number of carbonyl (C=O) groups is 2. The monoisotopic (exact) mass is 336 g/mol. The van der Waals surface area contributed by atoms with E-state index in [4.69, 9.17) is 5.11 Å². The molecule has 2 aromatic heterocycles. The van der Waals surface area contributed by atoms with E-state index in [2.05, 4.69) is 11.1 Å². The molecular formula is C15H16N2O3S2. The largest absolute Gasteiger partial charge is 0.481 e. The molecule has 0 radical (unpaired) electrons. The van der Waals surface area contributed by atoms with Gasteiger partial charge in [-0.25, -0.2) is 4.98 Å². The van der Waals surface area contributed by atoms with Gasteiger partial charge >= 0.3 is 5.97 Å². The van der Waals surface area contributed by atoms with Crippen LogP contribution < -0.4 is 0 Å². The maximum Gasteiger partial charge on any atom is 0.315 e. The molecule has 0 saturated carbocycles. The zero-order valence-electron chi connectivity index (χ0n) is 12.3. The molecule has 0 aliphatic carbocycles. The summed E-state index contributed by atoms with van der Waals surface area (Å²) in [7, 11) is 0. The molecule has 0 bridgehead atoms. The average Bonchev–Trinajstić information content (AvgIpc) is 3.10. The topological polar surface area (TPSA) is 70.5 Å². The van der Waals surface area contributed by atoms with Crippen LogP contribution in [0, 0.1) is 12.8 Å². The smallest absolute Gasteiger partial charge is 0.315 e. The molecule has 1 N–H and O–H groups in total. The van der Waals surface area contributed by atoms with Gasteiger partial charge in [-0.15, -0.1) is 22.7 Å². The van der Waals surface area contributed by atoms with E-state index in [0.717, 1.165) is 27.6 Å². The standard InChI is InChI=1S/C15H16N2O3S2/c1-8(15(19)20)14(18)17-4-3-12-10(6-17)5-13(22-12)11-7-21-9(2)16-11/h5,7-8H,3-4,6H2,1-2H3,(H,19,20). The molecule has 1 aliphatic rings. The number of hydrogen-bond acceptors (Lipinski definition) is 5. The maximum absolute atomic E-state index is 12.2. The van der Waals surface area contributed by atoms with E-state index in [-0.39, 0.29) is 5.91 Å². The van der Waals surface area contributed by atoms with Crippen molar-refractivity contribution in [2.24, 2.45) is 5.92 Å². The number of thiazole rings is 1. The number of carbonyl (C=O) groups excluding carboxylic acids is 1. The molecule has 0 aromatic carbocycles. The highest BCUT2D eigenvalue weighted by Crippen LogP contribution is 2.35. The highest BCUT2D eigenvalue weighted by molar-refractivity contribution is 7.16. The van der Waals surface area contributed by atoms with E-state index in [9.17, 15) is 9.59 Å². The van der Waals surface area contributed by atoms with Gasteiger partial charge in [-0.3, -0.25) is 9.59 Å². The molecule has 1 amide bonds. The molecule has 2 aromatic rings. The van der Waals surface area contributed by atoms with Crippen LogP contribution in [0.15, 0.2) is 11.4 Å². The minimum Gasteiger partial charge on any atom is -0.481 e. The molecule has 1 atom stereocenters. The number of carboxylic acid groups (broad SMARTS) is 1. The number of aryl methyl sites for hydroxylation is 1. The summed E-state index contributed by atoms with van der Waals surface area (Å²) in [5.41, 5.74) is 2.10.